The Morgan fingerprint density at radius 1 is 1.26 bits per heavy atom. The first-order chi connectivity index (χ1) is 9.12. The van der Waals surface area contributed by atoms with Crippen LogP contribution < -0.4 is 11.1 Å². The van der Waals surface area contributed by atoms with E-state index >= 15 is 0 Å². The zero-order valence-corrected chi connectivity index (χ0v) is 13.1. The number of hydrogen-bond acceptors (Lipinski definition) is 3. The molecule has 3 nitrogen and oxygen atoms in total. The van der Waals surface area contributed by atoms with Crippen molar-refractivity contribution in [2.24, 2.45) is 5.73 Å². The highest BCUT2D eigenvalue weighted by Gasteiger charge is 2.13. The van der Waals surface area contributed by atoms with E-state index in [1.807, 2.05) is 12.1 Å². The summed E-state index contributed by atoms with van der Waals surface area (Å²) < 4.78 is 0. The predicted octanol–water partition coefficient (Wildman–Crippen LogP) is 2.92. The maximum absolute atomic E-state index is 6.21. The molecule has 0 fully saturated rings. The topological polar surface area (TPSA) is 41.3 Å². The van der Waals surface area contributed by atoms with Gasteiger partial charge in [0.05, 0.1) is 0 Å². The van der Waals surface area contributed by atoms with Gasteiger partial charge >= 0.3 is 0 Å². The molecule has 0 bridgehead atoms. The van der Waals surface area contributed by atoms with Gasteiger partial charge in [0.2, 0.25) is 0 Å². The van der Waals surface area contributed by atoms with Crippen LogP contribution in [0.1, 0.15) is 25.5 Å². The number of halogens is 2. The minimum absolute atomic E-state index is 0.0697. The second-order valence-corrected chi connectivity index (χ2v) is 5.28. The molecule has 5 heteroatoms. The van der Waals surface area contributed by atoms with Gasteiger partial charge in [0.1, 0.15) is 0 Å². The minimum atomic E-state index is 0.0697. The van der Waals surface area contributed by atoms with Crippen molar-refractivity contribution in [3.05, 3.63) is 33.8 Å². The number of nitrogens with one attached hydrogen (secondary N) is 1. The Hall–Kier alpha value is -0.320. The van der Waals surface area contributed by atoms with Gasteiger partial charge in [0.25, 0.3) is 0 Å². The van der Waals surface area contributed by atoms with E-state index < -0.39 is 0 Å². The van der Waals surface area contributed by atoms with Crippen LogP contribution in [0, 0.1) is 0 Å². The SMILES string of the molecule is CCN(CC)CCNC(CN)c1ccc(Cl)cc1Cl. The molecule has 0 aliphatic heterocycles. The molecule has 3 N–H and O–H groups in total. The summed E-state index contributed by atoms with van der Waals surface area (Å²) in [6.07, 6.45) is 0. The van der Waals surface area contributed by atoms with Crippen LogP contribution in [0.3, 0.4) is 0 Å². The van der Waals surface area contributed by atoms with E-state index in [0.717, 1.165) is 31.7 Å². The van der Waals surface area contributed by atoms with Crippen LogP contribution in [0.2, 0.25) is 10.0 Å². The van der Waals surface area contributed by atoms with Crippen LogP contribution in [-0.2, 0) is 0 Å². The van der Waals surface area contributed by atoms with Crippen LogP contribution in [-0.4, -0.2) is 37.6 Å². The Bertz CT molecular complexity index is 381. The second-order valence-electron chi connectivity index (χ2n) is 4.44. The molecule has 1 aromatic carbocycles. The zero-order chi connectivity index (χ0) is 14.3. The van der Waals surface area contributed by atoms with Crippen LogP contribution >= 0.6 is 23.2 Å². The molecule has 19 heavy (non-hydrogen) atoms. The van der Waals surface area contributed by atoms with Crippen LogP contribution in [0.25, 0.3) is 0 Å². The van der Waals surface area contributed by atoms with E-state index in [-0.39, 0.29) is 6.04 Å². The monoisotopic (exact) mass is 303 g/mol. The zero-order valence-electron chi connectivity index (χ0n) is 11.6. The third-order valence-corrected chi connectivity index (χ3v) is 3.85. The predicted molar refractivity (Wildman–Crippen MR) is 84.0 cm³/mol. The number of nitrogens with two attached hydrogens (primary N) is 1. The summed E-state index contributed by atoms with van der Waals surface area (Å²) in [5, 5.41) is 4.76. The quantitative estimate of drug-likeness (QED) is 0.776. The van der Waals surface area contributed by atoms with E-state index in [1.54, 1.807) is 6.07 Å². The average molecular weight is 304 g/mol. The van der Waals surface area contributed by atoms with Gasteiger partial charge in [-0.05, 0) is 30.8 Å². The summed E-state index contributed by atoms with van der Waals surface area (Å²) in [4.78, 5) is 2.37. The van der Waals surface area contributed by atoms with Crippen LogP contribution in [0.15, 0.2) is 18.2 Å². The molecular formula is C14H23Cl2N3. The molecule has 0 heterocycles. The van der Waals surface area contributed by atoms with Gasteiger partial charge in [0, 0.05) is 35.7 Å². The van der Waals surface area contributed by atoms with Crippen molar-refractivity contribution in [2.75, 3.05) is 32.7 Å². The molecule has 0 saturated carbocycles. The Morgan fingerprint density at radius 3 is 2.47 bits per heavy atom. The molecule has 0 spiro atoms. The van der Waals surface area contributed by atoms with Gasteiger partial charge < -0.3 is 16.0 Å². The number of likely N-dealkylation sites (N-methyl/N-ethyl adjacent to an activating group) is 1. The lowest BCUT2D eigenvalue weighted by Crippen LogP contribution is -2.36. The van der Waals surface area contributed by atoms with E-state index in [4.69, 9.17) is 28.9 Å². The molecule has 0 radical (unpaired) electrons. The Kier molecular flexibility index (Phi) is 7.73. The summed E-state index contributed by atoms with van der Waals surface area (Å²) in [6, 6.07) is 5.61. The van der Waals surface area contributed by atoms with Crippen LogP contribution in [0.4, 0.5) is 0 Å². The van der Waals surface area contributed by atoms with Crippen LogP contribution in [0.5, 0.6) is 0 Å². The fourth-order valence-corrected chi connectivity index (χ4v) is 2.58. The summed E-state index contributed by atoms with van der Waals surface area (Å²) >= 11 is 12.1. The van der Waals surface area contributed by atoms with Crippen molar-refractivity contribution in [3.63, 3.8) is 0 Å². The van der Waals surface area contributed by atoms with Crippen molar-refractivity contribution in [1.82, 2.24) is 10.2 Å². The molecule has 1 rings (SSSR count). The first-order valence-electron chi connectivity index (χ1n) is 6.73. The van der Waals surface area contributed by atoms with Crippen molar-refractivity contribution in [2.45, 2.75) is 19.9 Å². The number of nitrogens with zero attached hydrogens (tertiary/aromatic N) is 1. The second kappa shape index (κ2) is 8.77. The minimum Gasteiger partial charge on any atom is -0.329 e. The molecule has 1 unspecified atom stereocenters. The van der Waals surface area contributed by atoms with E-state index in [1.165, 1.54) is 0 Å². The third-order valence-electron chi connectivity index (χ3n) is 3.29. The van der Waals surface area contributed by atoms with Gasteiger partial charge in [-0.1, -0.05) is 43.1 Å². The first kappa shape index (κ1) is 16.7. The van der Waals surface area contributed by atoms with Gasteiger partial charge in [-0.3, -0.25) is 0 Å². The molecule has 1 aromatic rings. The third kappa shape index (κ3) is 5.28. The van der Waals surface area contributed by atoms with Crippen molar-refractivity contribution in [1.29, 1.82) is 0 Å². The molecule has 0 aliphatic rings. The van der Waals surface area contributed by atoms with Crippen molar-refractivity contribution >= 4 is 23.2 Å². The summed E-state index contributed by atoms with van der Waals surface area (Å²) in [7, 11) is 0. The maximum Gasteiger partial charge on any atom is 0.0469 e. The number of hydrogen-bond donors (Lipinski definition) is 2. The first-order valence-corrected chi connectivity index (χ1v) is 7.48. The Morgan fingerprint density at radius 2 is 1.95 bits per heavy atom. The lowest BCUT2D eigenvalue weighted by atomic mass is 10.1. The van der Waals surface area contributed by atoms with E-state index in [9.17, 15) is 0 Å². The lowest BCUT2D eigenvalue weighted by molar-refractivity contribution is 0.297. The molecule has 1 atom stereocenters. The molecule has 0 saturated heterocycles. The summed E-state index contributed by atoms with van der Waals surface area (Å²) in [5.74, 6) is 0. The maximum atomic E-state index is 6.21. The lowest BCUT2D eigenvalue weighted by Gasteiger charge is -2.22. The highest BCUT2D eigenvalue weighted by Crippen LogP contribution is 2.25. The Labute approximate surface area is 126 Å². The standard InChI is InChI=1S/C14H23Cl2N3/c1-3-19(4-2)8-7-18-14(10-17)12-6-5-11(15)9-13(12)16/h5-6,9,14,18H,3-4,7-8,10,17H2,1-2H3. The summed E-state index contributed by atoms with van der Waals surface area (Å²) in [5.41, 5.74) is 6.83. The fourth-order valence-electron chi connectivity index (χ4n) is 2.04. The van der Waals surface area contributed by atoms with E-state index in [0.29, 0.717) is 16.6 Å². The Balaban J connectivity index is 2.58. The van der Waals surface area contributed by atoms with Crippen molar-refractivity contribution < 1.29 is 0 Å². The highest BCUT2D eigenvalue weighted by atomic mass is 35.5. The number of benzene rings is 1. The fraction of sp³-hybridized carbons (Fsp3) is 0.571. The molecule has 0 aromatic heterocycles. The highest BCUT2D eigenvalue weighted by molar-refractivity contribution is 6.35. The molecular weight excluding hydrogens is 281 g/mol. The van der Waals surface area contributed by atoms with Gasteiger partial charge in [-0.15, -0.1) is 0 Å². The van der Waals surface area contributed by atoms with Gasteiger partial charge in [0.15, 0.2) is 0 Å². The van der Waals surface area contributed by atoms with Crippen molar-refractivity contribution in [3.8, 4) is 0 Å². The molecule has 0 aliphatic carbocycles. The average Bonchev–Trinajstić information content (AvgIpc) is 2.40. The molecule has 0 amide bonds. The van der Waals surface area contributed by atoms with Gasteiger partial charge in [-0.25, -0.2) is 0 Å². The largest absolute Gasteiger partial charge is 0.329 e. The van der Waals surface area contributed by atoms with Gasteiger partial charge in [-0.2, -0.15) is 0 Å². The number of rotatable bonds is 8. The molecule has 108 valence electrons. The van der Waals surface area contributed by atoms with E-state index in [2.05, 4.69) is 24.1 Å². The normalized spacial score (nSPS) is 12.9. The summed E-state index contributed by atoms with van der Waals surface area (Å²) in [6.45, 7) is 8.87. The smallest absolute Gasteiger partial charge is 0.0469 e.